The van der Waals surface area contributed by atoms with E-state index in [9.17, 15) is 9.59 Å². The number of hydrogen-bond acceptors (Lipinski definition) is 4. The minimum atomic E-state index is -0.541. The summed E-state index contributed by atoms with van der Waals surface area (Å²) in [5.41, 5.74) is 0.994. The maximum atomic E-state index is 13.5. The number of halogens is 1. The number of ether oxygens (including phenoxy) is 2. The number of fused-ring (bicyclic) bond motifs is 1. The predicted molar refractivity (Wildman–Crippen MR) is 114 cm³/mol. The van der Waals surface area contributed by atoms with E-state index in [2.05, 4.69) is 0 Å². The molecule has 2 fully saturated rings. The van der Waals surface area contributed by atoms with Gasteiger partial charge in [0.15, 0.2) is 5.79 Å². The Labute approximate surface area is 178 Å². The van der Waals surface area contributed by atoms with Gasteiger partial charge in [-0.15, -0.1) is 0 Å². The van der Waals surface area contributed by atoms with Gasteiger partial charge in [0.05, 0.1) is 18.8 Å². The van der Waals surface area contributed by atoms with E-state index >= 15 is 0 Å². The molecule has 0 N–H and O–H groups in total. The lowest BCUT2D eigenvalue weighted by atomic mass is 10.0. The molecule has 3 aromatic rings. The normalized spacial score (nSPS) is 18.2. The van der Waals surface area contributed by atoms with E-state index in [0.29, 0.717) is 66.2 Å². The van der Waals surface area contributed by atoms with Crippen LogP contribution in [0.1, 0.15) is 23.2 Å². The van der Waals surface area contributed by atoms with E-state index in [-0.39, 0.29) is 11.5 Å². The molecule has 1 aromatic heterocycles. The van der Waals surface area contributed by atoms with Gasteiger partial charge in [0.2, 0.25) is 0 Å². The number of amides is 1. The summed E-state index contributed by atoms with van der Waals surface area (Å²) in [6.07, 6.45) is 2.93. The number of benzene rings is 2. The number of nitrogens with zero attached hydrogens (tertiary/aromatic N) is 2. The zero-order chi connectivity index (χ0) is 20.7. The molecular formula is C23H21ClN2O4. The van der Waals surface area contributed by atoms with Crippen molar-refractivity contribution in [3.63, 3.8) is 0 Å². The Kier molecular flexibility index (Phi) is 4.85. The molecule has 2 aliphatic heterocycles. The summed E-state index contributed by atoms with van der Waals surface area (Å²) < 4.78 is 13.1. The molecule has 1 spiro atoms. The summed E-state index contributed by atoms with van der Waals surface area (Å²) in [5, 5.41) is 1.75. The van der Waals surface area contributed by atoms with Crippen molar-refractivity contribution in [1.82, 2.24) is 9.47 Å². The van der Waals surface area contributed by atoms with E-state index in [0.717, 1.165) is 0 Å². The van der Waals surface area contributed by atoms with Gasteiger partial charge in [0.1, 0.15) is 0 Å². The van der Waals surface area contributed by atoms with Gasteiger partial charge in [-0.1, -0.05) is 29.8 Å². The van der Waals surface area contributed by atoms with Crippen molar-refractivity contribution in [2.45, 2.75) is 18.6 Å². The van der Waals surface area contributed by atoms with Crippen LogP contribution in [0.2, 0.25) is 5.02 Å². The third kappa shape index (κ3) is 3.31. The number of pyridine rings is 1. The van der Waals surface area contributed by atoms with Crippen LogP contribution in [-0.2, 0) is 9.47 Å². The average Bonchev–Trinajstić information content (AvgIpc) is 3.23. The van der Waals surface area contributed by atoms with E-state index in [1.165, 1.54) is 4.57 Å². The molecular weight excluding hydrogens is 404 g/mol. The van der Waals surface area contributed by atoms with Crippen molar-refractivity contribution in [3.05, 3.63) is 75.7 Å². The molecule has 3 heterocycles. The largest absolute Gasteiger partial charge is 0.347 e. The molecule has 2 aliphatic rings. The van der Waals surface area contributed by atoms with Gasteiger partial charge in [0, 0.05) is 53.6 Å². The van der Waals surface area contributed by atoms with Crippen LogP contribution >= 0.6 is 11.6 Å². The Morgan fingerprint density at radius 1 is 0.933 bits per heavy atom. The summed E-state index contributed by atoms with van der Waals surface area (Å²) >= 11 is 6.00. The molecule has 0 unspecified atom stereocenters. The molecule has 2 saturated heterocycles. The summed E-state index contributed by atoms with van der Waals surface area (Å²) in [4.78, 5) is 28.4. The Morgan fingerprint density at radius 2 is 1.57 bits per heavy atom. The van der Waals surface area contributed by atoms with Crippen molar-refractivity contribution >= 4 is 28.3 Å². The molecule has 7 heteroatoms. The van der Waals surface area contributed by atoms with Crippen LogP contribution in [0.25, 0.3) is 16.5 Å². The summed E-state index contributed by atoms with van der Waals surface area (Å²) in [6.45, 7) is 2.30. The van der Waals surface area contributed by atoms with Crippen LogP contribution in [0.4, 0.5) is 0 Å². The highest BCUT2D eigenvalue weighted by atomic mass is 35.5. The molecule has 5 rings (SSSR count). The zero-order valence-electron chi connectivity index (χ0n) is 16.3. The van der Waals surface area contributed by atoms with Crippen molar-refractivity contribution < 1.29 is 14.3 Å². The van der Waals surface area contributed by atoms with Crippen LogP contribution < -0.4 is 5.56 Å². The lowest BCUT2D eigenvalue weighted by molar-refractivity contribution is -0.181. The maximum Gasteiger partial charge on any atom is 0.262 e. The molecule has 6 nitrogen and oxygen atoms in total. The van der Waals surface area contributed by atoms with E-state index in [1.807, 2.05) is 23.1 Å². The molecule has 0 aliphatic carbocycles. The second kappa shape index (κ2) is 7.54. The third-order valence-electron chi connectivity index (χ3n) is 5.89. The third-order valence-corrected chi connectivity index (χ3v) is 6.14. The second-order valence-corrected chi connectivity index (χ2v) is 8.08. The van der Waals surface area contributed by atoms with Crippen LogP contribution in [0.15, 0.2) is 59.5 Å². The van der Waals surface area contributed by atoms with Crippen LogP contribution in [0.5, 0.6) is 0 Å². The van der Waals surface area contributed by atoms with Crippen molar-refractivity contribution in [3.8, 4) is 5.69 Å². The lowest BCUT2D eigenvalue weighted by Gasteiger charge is -2.37. The fourth-order valence-corrected chi connectivity index (χ4v) is 4.39. The first-order valence-corrected chi connectivity index (χ1v) is 10.4. The predicted octanol–water partition coefficient (Wildman–Crippen LogP) is 3.62. The van der Waals surface area contributed by atoms with Gasteiger partial charge in [-0.05, 0) is 30.3 Å². The molecule has 154 valence electrons. The first-order chi connectivity index (χ1) is 14.6. The standard InChI is InChI=1S/C23H21ClN2O4/c24-16-5-7-17(8-6-16)26-15-20(18-3-1-2-4-19(18)22(26)28)21(27)25-11-9-23(10-12-25)29-13-14-30-23/h1-8,15H,9-14H2. The van der Waals surface area contributed by atoms with Gasteiger partial charge in [-0.25, -0.2) is 0 Å². The Bertz CT molecular complexity index is 1160. The van der Waals surface area contributed by atoms with E-state index in [1.54, 1.807) is 36.5 Å². The highest BCUT2D eigenvalue weighted by Crippen LogP contribution is 2.32. The van der Waals surface area contributed by atoms with Gasteiger partial charge >= 0.3 is 0 Å². The Hall–Kier alpha value is -2.67. The fraction of sp³-hybridized carbons (Fsp3) is 0.304. The Morgan fingerprint density at radius 3 is 2.23 bits per heavy atom. The van der Waals surface area contributed by atoms with Crippen LogP contribution in [0, 0.1) is 0 Å². The smallest absolute Gasteiger partial charge is 0.262 e. The summed E-state index contributed by atoms with van der Waals surface area (Å²) in [5.74, 6) is -0.636. The van der Waals surface area contributed by atoms with Gasteiger partial charge in [-0.3, -0.25) is 14.2 Å². The average molecular weight is 425 g/mol. The molecule has 0 atom stereocenters. The van der Waals surface area contributed by atoms with Crippen LogP contribution in [0.3, 0.4) is 0 Å². The highest BCUT2D eigenvalue weighted by Gasteiger charge is 2.41. The zero-order valence-corrected chi connectivity index (χ0v) is 17.1. The summed E-state index contributed by atoms with van der Waals surface area (Å²) in [7, 11) is 0. The van der Waals surface area contributed by atoms with Crippen molar-refractivity contribution in [2.24, 2.45) is 0 Å². The molecule has 0 bridgehead atoms. The number of carbonyl (C=O) groups excluding carboxylic acids is 1. The molecule has 0 radical (unpaired) electrons. The lowest BCUT2D eigenvalue weighted by Crippen LogP contribution is -2.47. The molecule has 2 aromatic carbocycles. The number of piperidine rings is 1. The first kappa shape index (κ1) is 19.3. The van der Waals surface area contributed by atoms with Gasteiger partial charge in [0.25, 0.3) is 11.5 Å². The topological polar surface area (TPSA) is 60.8 Å². The number of carbonyl (C=O) groups is 1. The van der Waals surface area contributed by atoms with Crippen molar-refractivity contribution in [1.29, 1.82) is 0 Å². The molecule has 1 amide bonds. The van der Waals surface area contributed by atoms with Crippen molar-refractivity contribution in [2.75, 3.05) is 26.3 Å². The SMILES string of the molecule is O=C(c1cn(-c2ccc(Cl)cc2)c(=O)c2ccccc12)N1CCC2(CC1)OCCO2. The number of aromatic nitrogens is 1. The van der Waals surface area contributed by atoms with Crippen LogP contribution in [-0.4, -0.2) is 47.5 Å². The van der Waals surface area contributed by atoms with Gasteiger partial charge < -0.3 is 14.4 Å². The molecule has 0 saturated carbocycles. The first-order valence-electron chi connectivity index (χ1n) is 10.0. The second-order valence-electron chi connectivity index (χ2n) is 7.64. The monoisotopic (exact) mass is 424 g/mol. The highest BCUT2D eigenvalue weighted by molar-refractivity contribution is 6.30. The number of likely N-dealkylation sites (tertiary alicyclic amines) is 1. The summed E-state index contributed by atoms with van der Waals surface area (Å²) in [6, 6.07) is 14.2. The quantitative estimate of drug-likeness (QED) is 0.630. The maximum absolute atomic E-state index is 13.5. The molecule has 30 heavy (non-hydrogen) atoms. The number of hydrogen-bond donors (Lipinski definition) is 0. The Balaban J connectivity index is 1.55. The van der Waals surface area contributed by atoms with E-state index in [4.69, 9.17) is 21.1 Å². The minimum Gasteiger partial charge on any atom is -0.347 e. The fourth-order valence-electron chi connectivity index (χ4n) is 4.26. The van der Waals surface area contributed by atoms with E-state index < -0.39 is 5.79 Å². The number of rotatable bonds is 2. The van der Waals surface area contributed by atoms with Gasteiger partial charge in [-0.2, -0.15) is 0 Å². The minimum absolute atomic E-state index is 0.0956.